The molecule has 272 valence electrons. The lowest BCUT2D eigenvalue weighted by molar-refractivity contribution is -0.0563. The van der Waals surface area contributed by atoms with Gasteiger partial charge in [-0.05, 0) is 92.3 Å². The molecule has 0 spiro atoms. The van der Waals surface area contributed by atoms with E-state index >= 15 is 0 Å². The van der Waals surface area contributed by atoms with E-state index in [-0.39, 0.29) is 6.10 Å². The maximum absolute atomic E-state index is 12.6. The van der Waals surface area contributed by atoms with Crippen LogP contribution in [0.4, 0.5) is 4.79 Å². The summed E-state index contributed by atoms with van der Waals surface area (Å²) in [6.07, 6.45) is 41.1. The molecule has 0 amide bonds. The molecule has 4 aliphatic carbocycles. The Labute approximate surface area is 292 Å². The molecule has 0 aliphatic heterocycles. The van der Waals surface area contributed by atoms with Crippen LogP contribution < -0.4 is 0 Å². The zero-order valence-corrected chi connectivity index (χ0v) is 31.9. The molecule has 4 aliphatic rings. The monoisotopic (exact) mass is 655 g/mol. The van der Waals surface area contributed by atoms with Crippen LogP contribution in [0.2, 0.25) is 0 Å². The Hall–Kier alpha value is -0.990. The standard InChI is InChI=1S/C44H78O3/c1-5-7-9-11-13-14-15-16-17-18-19-20-22-24-34-46-42(45)47-38-30-32-44(4)37(35-38)26-28-39-40-29-27-36(25-23-21-12-10-8-6-2)43(40,3)33-31-41(39)44/h26,36,38-41H,5-25,27-35H2,1-4H3/t36-,38+,39+,40+,41+,43-,44+/m1/s1. The fourth-order valence-electron chi connectivity index (χ4n) is 11.1. The van der Waals surface area contributed by atoms with Crippen molar-refractivity contribution in [1.29, 1.82) is 0 Å². The van der Waals surface area contributed by atoms with Crippen LogP contribution in [0.5, 0.6) is 0 Å². The van der Waals surface area contributed by atoms with Crippen LogP contribution in [0.25, 0.3) is 0 Å². The third kappa shape index (κ3) is 11.3. The molecule has 7 atom stereocenters. The van der Waals surface area contributed by atoms with Crippen molar-refractivity contribution in [3.63, 3.8) is 0 Å². The molecule has 3 nitrogen and oxygen atoms in total. The van der Waals surface area contributed by atoms with Crippen LogP contribution in [0, 0.1) is 34.5 Å². The first-order valence-electron chi connectivity index (χ1n) is 21.4. The van der Waals surface area contributed by atoms with Crippen molar-refractivity contribution in [3.05, 3.63) is 11.6 Å². The van der Waals surface area contributed by atoms with Gasteiger partial charge in [-0.15, -0.1) is 0 Å². The quantitative estimate of drug-likeness (QED) is 0.0625. The molecule has 47 heavy (non-hydrogen) atoms. The average molecular weight is 655 g/mol. The number of hydrogen-bond acceptors (Lipinski definition) is 3. The number of allylic oxidation sites excluding steroid dienone is 1. The summed E-state index contributed by atoms with van der Waals surface area (Å²) in [7, 11) is 0. The molecule has 0 aromatic heterocycles. The van der Waals surface area contributed by atoms with E-state index < -0.39 is 6.16 Å². The zero-order chi connectivity index (χ0) is 33.4. The lowest BCUT2D eigenvalue weighted by atomic mass is 9.47. The molecular weight excluding hydrogens is 576 g/mol. The van der Waals surface area contributed by atoms with Gasteiger partial charge < -0.3 is 9.47 Å². The van der Waals surface area contributed by atoms with E-state index in [9.17, 15) is 4.79 Å². The smallest absolute Gasteiger partial charge is 0.434 e. The molecular formula is C44H78O3. The van der Waals surface area contributed by atoms with Crippen LogP contribution in [0.1, 0.15) is 214 Å². The summed E-state index contributed by atoms with van der Waals surface area (Å²) in [4.78, 5) is 12.6. The number of unbranched alkanes of at least 4 members (excludes halogenated alkanes) is 18. The third-order valence-corrected chi connectivity index (χ3v) is 14.1. The van der Waals surface area contributed by atoms with E-state index in [0.717, 1.165) is 49.4 Å². The van der Waals surface area contributed by atoms with Crippen LogP contribution >= 0.6 is 0 Å². The first-order valence-corrected chi connectivity index (χ1v) is 21.4. The first kappa shape index (κ1) is 38.8. The lowest BCUT2D eigenvalue weighted by Gasteiger charge is -2.58. The molecule has 0 N–H and O–H groups in total. The molecule has 3 saturated carbocycles. The SMILES string of the molecule is CCCCCCCCCCCCCCCCOC(=O)O[C@H]1CC[C@@]2(C)C(=CC[C@H]3[C@@H]4CC[C@@H](CCCCCCCC)[C@@]4(C)CC[C@@H]32)C1. The van der Waals surface area contributed by atoms with Crippen LogP contribution in [0.15, 0.2) is 11.6 Å². The predicted molar refractivity (Wildman–Crippen MR) is 200 cm³/mol. The molecule has 0 heterocycles. The highest BCUT2D eigenvalue weighted by molar-refractivity contribution is 5.60. The maximum Gasteiger partial charge on any atom is 0.508 e. The molecule has 0 aromatic rings. The van der Waals surface area contributed by atoms with E-state index in [0.29, 0.717) is 17.4 Å². The number of fused-ring (bicyclic) bond motifs is 5. The van der Waals surface area contributed by atoms with Gasteiger partial charge in [0.2, 0.25) is 0 Å². The highest BCUT2D eigenvalue weighted by Crippen LogP contribution is 2.66. The van der Waals surface area contributed by atoms with Gasteiger partial charge in [0, 0.05) is 6.42 Å². The molecule has 0 bridgehead atoms. The summed E-state index contributed by atoms with van der Waals surface area (Å²) in [6, 6.07) is 0. The minimum Gasteiger partial charge on any atom is -0.434 e. The summed E-state index contributed by atoms with van der Waals surface area (Å²) in [5.74, 6) is 3.56. The molecule has 0 aromatic carbocycles. The van der Waals surface area contributed by atoms with Gasteiger partial charge >= 0.3 is 6.16 Å². The predicted octanol–water partition coefficient (Wildman–Crippen LogP) is 14.3. The van der Waals surface area contributed by atoms with E-state index in [1.165, 1.54) is 161 Å². The number of carbonyl (C=O) groups excluding carboxylic acids is 1. The average Bonchev–Trinajstić information content (AvgIpc) is 3.40. The summed E-state index contributed by atoms with van der Waals surface area (Å²) in [6.45, 7) is 10.4. The fraction of sp³-hybridized carbons (Fsp3) is 0.932. The Bertz CT molecular complexity index is 910. The van der Waals surface area contributed by atoms with Gasteiger partial charge in [-0.1, -0.05) is 161 Å². The van der Waals surface area contributed by atoms with Crippen LogP contribution in [-0.2, 0) is 9.47 Å². The largest absolute Gasteiger partial charge is 0.508 e. The molecule has 3 heteroatoms. The van der Waals surface area contributed by atoms with Crippen molar-refractivity contribution < 1.29 is 14.3 Å². The normalized spacial score (nSPS) is 31.5. The second-order valence-electron chi connectivity index (χ2n) is 17.3. The molecule has 0 saturated heterocycles. The highest BCUT2D eigenvalue weighted by atomic mass is 16.7. The summed E-state index contributed by atoms with van der Waals surface area (Å²) < 4.78 is 11.4. The van der Waals surface area contributed by atoms with Crippen molar-refractivity contribution in [2.24, 2.45) is 34.5 Å². The van der Waals surface area contributed by atoms with Crippen LogP contribution in [0.3, 0.4) is 0 Å². The molecule has 4 rings (SSSR count). The van der Waals surface area contributed by atoms with Gasteiger partial charge in [-0.2, -0.15) is 0 Å². The first-order chi connectivity index (χ1) is 22.9. The molecule has 0 unspecified atom stereocenters. The molecule has 0 radical (unpaired) electrons. The second kappa shape index (κ2) is 20.6. The van der Waals surface area contributed by atoms with Crippen molar-refractivity contribution >= 4 is 6.16 Å². The minimum absolute atomic E-state index is 0.00300. The zero-order valence-electron chi connectivity index (χ0n) is 31.9. The lowest BCUT2D eigenvalue weighted by Crippen LogP contribution is -2.50. The summed E-state index contributed by atoms with van der Waals surface area (Å²) >= 11 is 0. The van der Waals surface area contributed by atoms with Gasteiger partial charge in [0.1, 0.15) is 6.10 Å². The van der Waals surface area contributed by atoms with Crippen molar-refractivity contribution in [3.8, 4) is 0 Å². The topological polar surface area (TPSA) is 35.5 Å². The maximum atomic E-state index is 12.6. The second-order valence-corrected chi connectivity index (χ2v) is 17.3. The summed E-state index contributed by atoms with van der Waals surface area (Å²) in [5.41, 5.74) is 2.48. The van der Waals surface area contributed by atoms with Gasteiger partial charge in [-0.25, -0.2) is 4.79 Å². The fourth-order valence-corrected chi connectivity index (χ4v) is 11.1. The Morgan fingerprint density at radius 3 is 1.87 bits per heavy atom. The Kier molecular flexibility index (Phi) is 17.0. The highest BCUT2D eigenvalue weighted by Gasteiger charge is 2.58. The van der Waals surface area contributed by atoms with Gasteiger partial charge in [0.15, 0.2) is 0 Å². The number of rotatable bonds is 23. The Morgan fingerprint density at radius 1 is 0.681 bits per heavy atom. The van der Waals surface area contributed by atoms with Gasteiger partial charge in [0.25, 0.3) is 0 Å². The number of ether oxygens (including phenoxy) is 2. The number of carbonyl (C=O) groups is 1. The number of hydrogen-bond donors (Lipinski definition) is 0. The minimum atomic E-state index is -0.432. The van der Waals surface area contributed by atoms with E-state index in [4.69, 9.17) is 9.47 Å². The Balaban J connectivity index is 1.08. The van der Waals surface area contributed by atoms with E-state index in [1.54, 1.807) is 5.57 Å². The van der Waals surface area contributed by atoms with E-state index in [1.807, 2.05) is 0 Å². The van der Waals surface area contributed by atoms with E-state index in [2.05, 4.69) is 33.8 Å². The van der Waals surface area contributed by atoms with Crippen molar-refractivity contribution in [2.75, 3.05) is 6.61 Å². The third-order valence-electron chi connectivity index (χ3n) is 14.1. The molecule has 3 fully saturated rings. The van der Waals surface area contributed by atoms with Gasteiger partial charge in [0.05, 0.1) is 6.61 Å². The van der Waals surface area contributed by atoms with Crippen LogP contribution in [-0.4, -0.2) is 18.9 Å². The Morgan fingerprint density at radius 2 is 1.26 bits per heavy atom. The van der Waals surface area contributed by atoms with Gasteiger partial charge in [-0.3, -0.25) is 0 Å². The summed E-state index contributed by atoms with van der Waals surface area (Å²) in [5, 5.41) is 0. The van der Waals surface area contributed by atoms with Crippen molar-refractivity contribution in [2.45, 2.75) is 220 Å². The van der Waals surface area contributed by atoms with Crippen molar-refractivity contribution in [1.82, 2.24) is 0 Å².